The molecule has 0 aliphatic carbocycles. The fourth-order valence-corrected chi connectivity index (χ4v) is 2.92. The zero-order valence-corrected chi connectivity index (χ0v) is 13.3. The average molecular weight is 317 g/mol. The van der Waals surface area contributed by atoms with Crippen LogP contribution >= 0.6 is 0 Å². The second-order valence-corrected chi connectivity index (χ2v) is 5.79. The van der Waals surface area contributed by atoms with Gasteiger partial charge in [0.25, 0.3) is 0 Å². The minimum Gasteiger partial charge on any atom is -0.280 e. The summed E-state index contributed by atoms with van der Waals surface area (Å²) < 4.78 is 15.3. The van der Waals surface area contributed by atoms with Crippen LogP contribution in [0.15, 0.2) is 66.9 Å². The summed E-state index contributed by atoms with van der Waals surface area (Å²) in [4.78, 5) is 9.23. The number of benzene rings is 2. The molecule has 0 fully saturated rings. The number of fused-ring (bicyclic) bond motifs is 1. The predicted octanol–water partition coefficient (Wildman–Crippen LogP) is 4.46. The Morgan fingerprint density at radius 1 is 0.958 bits per heavy atom. The third kappa shape index (κ3) is 2.56. The van der Waals surface area contributed by atoms with Crippen molar-refractivity contribution in [2.75, 3.05) is 0 Å². The molecule has 2 aromatic heterocycles. The summed E-state index contributed by atoms with van der Waals surface area (Å²) in [5.41, 5.74) is 4.93. The molecule has 0 saturated heterocycles. The zero-order valence-electron chi connectivity index (χ0n) is 13.3. The Balaban J connectivity index is 1.90. The van der Waals surface area contributed by atoms with Crippen LogP contribution in [0.2, 0.25) is 0 Å². The molecule has 4 rings (SSSR count). The first-order chi connectivity index (χ1) is 11.7. The standard InChI is InChI=1S/C20H16FN3/c1-14-5-2-3-6-15(14)13-19-23-18-7-4-12-22-20(18)24(19)17-10-8-16(21)9-11-17/h2-12H,13H2,1H3. The number of hydrogen-bond acceptors (Lipinski definition) is 2. The summed E-state index contributed by atoms with van der Waals surface area (Å²) >= 11 is 0. The maximum atomic E-state index is 13.3. The van der Waals surface area contributed by atoms with Crippen LogP contribution < -0.4 is 0 Å². The Kier molecular flexibility index (Phi) is 3.58. The van der Waals surface area contributed by atoms with E-state index in [2.05, 4.69) is 24.0 Å². The van der Waals surface area contributed by atoms with Crippen molar-refractivity contribution >= 4 is 11.2 Å². The van der Waals surface area contributed by atoms with E-state index >= 15 is 0 Å². The first-order valence-corrected chi connectivity index (χ1v) is 7.85. The molecule has 0 bridgehead atoms. The second kappa shape index (κ2) is 5.89. The van der Waals surface area contributed by atoms with Gasteiger partial charge in [0.1, 0.15) is 17.2 Å². The Morgan fingerprint density at radius 3 is 2.54 bits per heavy atom. The van der Waals surface area contributed by atoms with Crippen LogP contribution in [0.25, 0.3) is 16.9 Å². The van der Waals surface area contributed by atoms with Crippen LogP contribution in [-0.2, 0) is 6.42 Å². The van der Waals surface area contributed by atoms with Gasteiger partial charge in [-0.25, -0.2) is 14.4 Å². The largest absolute Gasteiger partial charge is 0.280 e. The Morgan fingerprint density at radius 2 is 1.75 bits per heavy atom. The van der Waals surface area contributed by atoms with Gasteiger partial charge < -0.3 is 0 Å². The van der Waals surface area contributed by atoms with Gasteiger partial charge in [-0.15, -0.1) is 0 Å². The van der Waals surface area contributed by atoms with E-state index in [4.69, 9.17) is 4.98 Å². The average Bonchev–Trinajstić information content (AvgIpc) is 2.96. The smallest absolute Gasteiger partial charge is 0.164 e. The Labute approximate surface area is 139 Å². The van der Waals surface area contributed by atoms with E-state index in [-0.39, 0.29) is 5.82 Å². The molecule has 0 aliphatic rings. The van der Waals surface area contributed by atoms with Crippen molar-refractivity contribution in [3.05, 3.63) is 89.6 Å². The van der Waals surface area contributed by atoms with Crippen molar-refractivity contribution in [1.29, 1.82) is 0 Å². The van der Waals surface area contributed by atoms with Gasteiger partial charge in [-0.1, -0.05) is 24.3 Å². The van der Waals surface area contributed by atoms with Crippen molar-refractivity contribution in [2.24, 2.45) is 0 Å². The van der Waals surface area contributed by atoms with Gasteiger partial charge >= 0.3 is 0 Å². The minimum atomic E-state index is -0.253. The van der Waals surface area contributed by atoms with Gasteiger partial charge in [-0.05, 0) is 54.4 Å². The number of aryl methyl sites for hydroxylation is 1. The van der Waals surface area contributed by atoms with E-state index in [1.807, 2.05) is 28.8 Å². The monoisotopic (exact) mass is 317 g/mol. The highest BCUT2D eigenvalue weighted by atomic mass is 19.1. The highest BCUT2D eigenvalue weighted by Crippen LogP contribution is 2.23. The molecule has 0 radical (unpaired) electrons. The number of pyridine rings is 1. The lowest BCUT2D eigenvalue weighted by Crippen LogP contribution is -2.04. The van der Waals surface area contributed by atoms with Crippen LogP contribution in [-0.4, -0.2) is 14.5 Å². The third-order valence-corrected chi connectivity index (χ3v) is 4.18. The van der Waals surface area contributed by atoms with E-state index in [0.717, 1.165) is 22.7 Å². The summed E-state index contributed by atoms with van der Waals surface area (Å²) in [6, 6.07) is 18.5. The van der Waals surface area contributed by atoms with E-state index in [1.165, 1.54) is 23.3 Å². The molecule has 24 heavy (non-hydrogen) atoms. The molecule has 0 amide bonds. The molecule has 4 heteroatoms. The highest BCUT2D eigenvalue weighted by molar-refractivity contribution is 5.74. The van der Waals surface area contributed by atoms with Crippen molar-refractivity contribution < 1.29 is 4.39 Å². The Hall–Kier alpha value is -3.01. The van der Waals surface area contributed by atoms with E-state index in [1.54, 1.807) is 18.3 Å². The number of rotatable bonds is 3. The van der Waals surface area contributed by atoms with Crippen LogP contribution in [0, 0.1) is 12.7 Å². The molecule has 0 unspecified atom stereocenters. The van der Waals surface area contributed by atoms with Crippen LogP contribution in [0.1, 0.15) is 17.0 Å². The van der Waals surface area contributed by atoms with Gasteiger partial charge in [-0.3, -0.25) is 4.57 Å². The predicted molar refractivity (Wildman–Crippen MR) is 92.8 cm³/mol. The van der Waals surface area contributed by atoms with Crippen molar-refractivity contribution in [1.82, 2.24) is 14.5 Å². The van der Waals surface area contributed by atoms with Crippen LogP contribution in [0.3, 0.4) is 0 Å². The zero-order chi connectivity index (χ0) is 16.5. The molecule has 2 aromatic carbocycles. The minimum absolute atomic E-state index is 0.253. The molecule has 118 valence electrons. The summed E-state index contributed by atoms with van der Waals surface area (Å²) in [6.45, 7) is 2.10. The highest BCUT2D eigenvalue weighted by Gasteiger charge is 2.14. The normalized spacial score (nSPS) is 11.1. The van der Waals surface area contributed by atoms with Gasteiger partial charge in [0.2, 0.25) is 0 Å². The lowest BCUT2D eigenvalue weighted by molar-refractivity contribution is 0.627. The molecule has 0 atom stereocenters. The fraction of sp³-hybridized carbons (Fsp3) is 0.100. The van der Waals surface area contributed by atoms with E-state index in [9.17, 15) is 4.39 Å². The van der Waals surface area contributed by atoms with Crippen molar-refractivity contribution in [3.63, 3.8) is 0 Å². The molecule has 0 saturated carbocycles. The fourth-order valence-electron chi connectivity index (χ4n) is 2.92. The van der Waals surface area contributed by atoms with E-state index in [0.29, 0.717) is 6.42 Å². The summed E-state index contributed by atoms with van der Waals surface area (Å²) in [5.74, 6) is 0.640. The maximum Gasteiger partial charge on any atom is 0.164 e. The molecule has 2 heterocycles. The summed E-state index contributed by atoms with van der Waals surface area (Å²) in [6.07, 6.45) is 2.45. The lowest BCUT2D eigenvalue weighted by Gasteiger charge is -2.10. The number of nitrogens with zero attached hydrogens (tertiary/aromatic N) is 3. The number of hydrogen-bond donors (Lipinski definition) is 0. The number of halogens is 1. The van der Waals surface area contributed by atoms with Crippen molar-refractivity contribution in [3.8, 4) is 5.69 Å². The first-order valence-electron chi connectivity index (χ1n) is 7.85. The van der Waals surface area contributed by atoms with Gasteiger partial charge in [0, 0.05) is 18.3 Å². The third-order valence-electron chi connectivity index (χ3n) is 4.18. The van der Waals surface area contributed by atoms with Gasteiger partial charge in [0.15, 0.2) is 5.65 Å². The maximum absolute atomic E-state index is 13.3. The molecular formula is C20H16FN3. The van der Waals surface area contributed by atoms with Crippen LogP contribution in [0.5, 0.6) is 0 Å². The molecule has 3 nitrogen and oxygen atoms in total. The molecule has 4 aromatic rings. The van der Waals surface area contributed by atoms with Crippen LogP contribution in [0.4, 0.5) is 4.39 Å². The topological polar surface area (TPSA) is 30.7 Å². The number of aromatic nitrogens is 3. The van der Waals surface area contributed by atoms with Gasteiger partial charge in [-0.2, -0.15) is 0 Å². The van der Waals surface area contributed by atoms with Gasteiger partial charge in [0.05, 0.1) is 0 Å². The van der Waals surface area contributed by atoms with Crippen molar-refractivity contribution in [2.45, 2.75) is 13.3 Å². The van der Waals surface area contributed by atoms with E-state index < -0.39 is 0 Å². The number of imidazole rings is 1. The molecular weight excluding hydrogens is 301 g/mol. The molecule has 0 aliphatic heterocycles. The summed E-state index contributed by atoms with van der Waals surface area (Å²) in [7, 11) is 0. The summed E-state index contributed by atoms with van der Waals surface area (Å²) in [5, 5.41) is 0. The quantitative estimate of drug-likeness (QED) is 0.558. The molecule has 0 spiro atoms. The SMILES string of the molecule is Cc1ccccc1Cc1nc2cccnc2n1-c1ccc(F)cc1. The Bertz CT molecular complexity index is 1000. The first kappa shape index (κ1) is 14.6. The molecule has 0 N–H and O–H groups in total. The second-order valence-electron chi connectivity index (χ2n) is 5.79. The lowest BCUT2D eigenvalue weighted by atomic mass is 10.1.